The van der Waals surface area contributed by atoms with Crippen LogP contribution in [0.1, 0.15) is 44.7 Å². The zero-order chi connectivity index (χ0) is 18.1. The van der Waals surface area contributed by atoms with Gasteiger partial charge >= 0.3 is 0 Å². The molecule has 0 aliphatic heterocycles. The minimum absolute atomic E-state index is 0.152. The first kappa shape index (κ1) is 19.6. The van der Waals surface area contributed by atoms with Gasteiger partial charge in [-0.15, -0.1) is 0 Å². The lowest BCUT2D eigenvalue weighted by Crippen LogP contribution is -2.39. The van der Waals surface area contributed by atoms with Gasteiger partial charge in [-0.2, -0.15) is 0 Å². The van der Waals surface area contributed by atoms with Crippen LogP contribution in [0.2, 0.25) is 0 Å². The smallest absolute Gasteiger partial charge is 0.191 e. The highest BCUT2D eigenvalue weighted by molar-refractivity contribution is 5.79. The van der Waals surface area contributed by atoms with Crippen LogP contribution in [0.3, 0.4) is 0 Å². The zero-order valence-corrected chi connectivity index (χ0v) is 16.1. The maximum Gasteiger partial charge on any atom is 0.191 e. The normalized spacial score (nSPS) is 14.7. The fourth-order valence-corrected chi connectivity index (χ4v) is 2.44. The van der Waals surface area contributed by atoms with Gasteiger partial charge in [0.1, 0.15) is 5.75 Å². The van der Waals surface area contributed by atoms with E-state index < -0.39 is 0 Å². The first-order valence-electron chi connectivity index (χ1n) is 9.44. The molecule has 0 aromatic heterocycles. The zero-order valence-electron chi connectivity index (χ0n) is 16.1. The lowest BCUT2D eigenvalue weighted by molar-refractivity contribution is 0.129. The van der Waals surface area contributed by atoms with Crippen molar-refractivity contribution in [3.63, 3.8) is 0 Å². The number of nitrogens with one attached hydrogen (secondary N) is 2. The Morgan fingerprint density at radius 3 is 2.76 bits per heavy atom. The number of rotatable bonds is 10. The Bertz CT molecular complexity index is 554. The van der Waals surface area contributed by atoms with E-state index in [-0.39, 0.29) is 6.10 Å². The molecule has 25 heavy (non-hydrogen) atoms. The molecule has 0 saturated heterocycles. The monoisotopic (exact) mass is 347 g/mol. The molecule has 1 saturated carbocycles. The third kappa shape index (κ3) is 7.78. The van der Waals surface area contributed by atoms with Crippen molar-refractivity contribution in [1.29, 1.82) is 0 Å². The summed E-state index contributed by atoms with van der Waals surface area (Å²) < 4.78 is 11.6. The Morgan fingerprint density at radius 1 is 1.28 bits per heavy atom. The second-order valence-electron chi connectivity index (χ2n) is 6.92. The van der Waals surface area contributed by atoms with Gasteiger partial charge in [-0.25, -0.2) is 4.99 Å². The molecule has 0 radical (unpaired) electrons. The molecule has 0 atom stereocenters. The van der Waals surface area contributed by atoms with Crippen molar-refractivity contribution in [1.82, 2.24) is 10.6 Å². The fourth-order valence-electron chi connectivity index (χ4n) is 2.44. The number of hydrogen-bond acceptors (Lipinski definition) is 3. The number of aryl methyl sites for hydroxylation is 1. The molecule has 5 heteroatoms. The van der Waals surface area contributed by atoms with E-state index >= 15 is 0 Å². The van der Waals surface area contributed by atoms with E-state index in [2.05, 4.69) is 47.7 Å². The Hall–Kier alpha value is -1.75. The predicted octanol–water partition coefficient (Wildman–Crippen LogP) is 3.26. The van der Waals surface area contributed by atoms with Gasteiger partial charge in [-0.3, -0.25) is 0 Å². The van der Waals surface area contributed by atoms with Crippen LogP contribution in [0.25, 0.3) is 0 Å². The number of aliphatic imine (C=N–C) groups is 1. The second kappa shape index (κ2) is 10.3. The number of ether oxygens (including phenoxy) is 2. The summed E-state index contributed by atoms with van der Waals surface area (Å²) in [7, 11) is 0. The van der Waals surface area contributed by atoms with Crippen molar-refractivity contribution in [3.8, 4) is 5.75 Å². The first-order valence-corrected chi connectivity index (χ1v) is 9.44. The maximum absolute atomic E-state index is 5.93. The van der Waals surface area contributed by atoms with Gasteiger partial charge in [0, 0.05) is 25.3 Å². The summed E-state index contributed by atoms with van der Waals surface area (Å²) in [5.41, 5.74) is 2.29. The summed E-state index contributed by atoms with van der Waals surface area (Å²) in [5.74, 6) is 2.54. The molecule has 1 aliphatic carbocycles. The minimum Gasteiger partial charge on any atom is -0.491 e. The second-order valence-corrected chi connectivity index (χ2v) is 6.92. The third-order valence-electron chi connectivity index (χ3n) is 3.93. The van der Waals surface area contributed by atoms with E-state index in [9.17, 15) is 0 Å². The molecule has 2 rings (SSSR count). The quantitative estimate of drug-likeness (QED) is 0.387. The van der Waals surface area contributed by atoms with Crippen molar-refractivity contribution < 1.29 is 9.47 Å². The predicted molar refractivity (Wildman–Crippen MR) is 103 cm³/mol. The molecular formula is C20H33N3O2. The van der Waals surface area contributed by atoms with E-state index in [1.165, 1.54) is 18.4 Å². The molecule has 1 fully saturated rings. The van der Waals surface area contributed by atoms with Crippen LogP contribution in [-0.4, -0.2) is 38.4 Å². The van der Waals surface area contributed by atoms with E-state index in [1.807, 2.05) is 13.8 Å². The number of hydrogen-bond donors (Lipinski definition) is 2. The highest BCUT2D eigenvalue weighted by atomic mass is 16.5. The van der Waals surface area contributed by atoms with Gasteiger partial charge in [-0.1, -0.05) is 12.1 Å². The first-order chi connectivity index (χ1) is 12.1. The molecule has 140 valence electrons. The van der Waals surface area contributed by atoms with Crippen molar-refractivity contribution >= 4 is 5.96 Å². The average molecular weight is 348 g/mol. The van der Waals surface area contributed by atoms with Crippen LogP contribution in [-0.2, 0) is 11.3 Å². The molecule has 0 spiro atoms. The molecule has 0 unspecified atom stereocenters. The van der Waals surface area contributed by atoms with Crippen LogP contribution in [0.4, 0.5) is 0 Å². The average Bonchev–Trinajstić information content (AvgIpc) is 3.37. The number of guanidine groups is 1. The van der Waals surface area contributed by atoms with Gasteiger partial charge in [0.15, 0.2) is 5.96 Å². The van der Waals surface area contributed by atoms with Crippen LogP contribution < -0.4 is 15.4 Å². The Kier molecular flexibility index (Phi) is 8.06. The molecule has 5 nitrogen and oxygen atoms in total. The van der Waals surface area contributed by atoms with Crippen molar-refractivity contribution in [3.05, 3.63) is 29.3 Å². The fraction of sp³-hybridized carbons (Fsp3) is 0.650. The topological polar surface area (TPSA) is 54.9 Å². The summed E-state index contributed by atoms with van der Waals surface area (Å²) >= 11 is 0. The molecule has 1 aromatic rings. The van der Waals surface area contributed by atoms with Gasteiger partial charge < -0.3 is 20.1 Å². The van der Waals surface area contributed by atoms with Gasteiger partial charge in [0.25, 0.3) is 0 Å². The van der Waals surface area contributed by atoms with E-state index in [0.29, 0.717) is 13.2 Å². The van der Waals surface area contributed by atoms with Crippen LogP contribution >= 0.6 is 0 Å². The van der Waals surface area contributed by atoms with E-state index in [4.69, 9.17) is 9.47 Å². The molecule has 1 aromatic carbocycles. The number of nitrogens with zero attached hydrogens (tertiary/aromatic N) is 1. The lowest BCUT2D eigenvalue weighted by Gasteiger charge is -2.15. The Labute approximate surface area is 152 Å². The van der Waals surface area contributed by atoms with Crippen molar-refractivity contribution in [2.75, 3.05) is 26.3 Å². The van der Waals surface area contributed by atoms with Crippen molar-refractivity contribution in [2.24, 2.45) is 10.9 Å². The molecule has 0 amide bonds. The SMILES string of the molecule is CCNC(=NCc1ccc(C)cc1OC(C)C)NCCOCC1CC1. The van der Waals surface area contributed by atoms with Crippen LogP contribution in [0.15, 0.2) is 23.2 Å². The molecule has 1 aliphatic rings. The van der Waals surface area contributed by atoms with Crippen LogP contribution in [0.5, 0.6) is 5.75 Å². The standard InChI is InChI=1S/C20H33N3O2/c1-5-21-20(22-10-11-24-14-17-7-8-17)23-13-18-9-6-16(4)12-19(18)25-15(2)3/h6,9,12,15,17H,5,7-8,10-11,13-14H2,1-4H3,(H2,21,22,23). The Morgan fingerprint density at radius 2 is 2.08 bits per heavy atom. The largest absolute Gasteiger partial charge is 0.491 e. The highest BCUT2D eigenvalue weighted by Crippen LogP contribution is 2.28. The summed E-state index contributed by atoms with van der Waals surface area (Å²) in [6, 6.07) is 6.28. The molecule has 0 bridgehead atoms. The van der Waals surface area contributed by atoms with Crippen LogP contribution in [0, 0.1) is 12.8 Å². The molecular weight excluding hydrogens is 314 g/mol. The van der Waals surface area contributed by atoms with E-state index in [0.717, 1.165) is 42.9 Å². The molecule has 0 heterocycles. The summed E-state index contributed by atoms with van der Waals surface area (Å²) in [5, 5.41) is 6.61. The Balaban J connectivity index is 1.87. The van der Waals surface area contributed by atoms with Gasteiger partial charge in [-0.05, 0) is 58.1 Å². The van der Waals surface area contributed by atoms with Gasteiger partial charge in [0.2, 0.25) is 0 Å². The molecule has 2 N–H and O–H groups in total. The van der Waals surface area contributed by atoms with Gasteiger partial charge in [0.05, 0.1) is 19.3 Å². The minimum atomic E-state index is 0.152. The third-order valence-corrected chi connectivity index (χ3v) is 3.93. The maximum atomic E-state index is 5.93. The van der Waals surface area contributed by atoms with Crippen molar-refractivity contribution in [2.45, 2.75) is 53.2 Å². The summed E-state index contributed by atoms with van der Waals surface area (Å²) in [6.45, 7) is 12.0. The number of benzene rings is 1. The van der Waals surface area contributed by atoms with E-state index in [1.54, 1.807) is 0 Å². The highest BCUT2D eigenvalue weighted by Gasteiger charge is 2.20. The summed E-state index contributed by atoms with van der Waals surface area (Å²) in [4.78, 5) is 4.69. The lowest BCUT2D eigenvalue weighted by atomic mass is 10.1. The summed E-state index contributed by atoms with van der Waals surface area (Å²) in [6.07, 6.45) is 2.81.